The van der Waals surface area contributed by atoms with Crippen molar-refractivity contribution in [3.8, 4) is 0 Å². The van der Waals surface area contributed by atoms with Crippen LogP contribution < -0.4 is 5.32 Å². The number of nitrogens with one attached hydrogen (secondary N) is 1. The third-order valence-corrected chi connectivity index (χ3v) is 1.61. The van der Waals surface area contributed by atoms with Crippen LogP contribution in [0.25, 0.3) is 0 Å². The smallest absolute Gasteiger partial charge is 0.330 e. The number of ether oxygens (including phenoxy) is 1. The molecule has 0 fully saturated rings. The van der Waals surface area contributed by atoms with Crippen LogP contribution in [0.2, 0.25) is 0 Å². The summed E-state index contributed by atoms with van der Waals surface area (Å²) in [4.78, 5) is 22.3. The van der Waals surface area contributed by atoms with E-state index in [2.05, 4.69) is 5.32 Å². The van der Waals surface area contributed by atoms with Gasteiger partial charge in [0, 0.05) is 18.7 Å². The van der Waals surface area contributed by atoms with Crippen LogP contribution in [0.3, 0.4) is 0 Å². The summed E-state index contributed by atoms with van der Waals surface area (Å²) >= 11 is 0. The molecule has 0 aromatic rings. The van der Waals surface area contributed by atoms with E-state index in [1.54, 1.807) is 0 Å². The minimum absolute atomic E-state index is 0.268. The summed E-state index contributed by atoms with van der Waals surface area (Å²) in [7, 11) is 0. The molecule has 0 rings (SSSR count). The lowest BCUT2D eigenvalue weighted by Crippen LogP contribution is -2.25. The van der Waals surface area contributed by atoms with Crippen molar-refractivity contribution in [1.82, 2.24) is 5.32 Å². The molecule has 0 aromatic carbocycles. The summed E-state index contributed by atoms with van der Waals surface area (Å²) in [6.45, 7) is 8.88. The van der Waals surface area contributed by atoms with Crippen molar-refractivity contribution in [1.29, 1.82) is 0 Å². The van der Waals surface area contributed by atoms with Crippen LogP contribution >= 0.6 is 0 Å². The fourth-order valence-electron chi connectivity index (χ4n) is 0.804. The minimum atomic E-state index is -0.478. The summed E-state index contributed by atoms with van der Waals surface area (Å²) in [5.74, 6) is -0.0547. The Balaban J connectivity index is 3.80. The number of esters is 1. The van der Waals surface area contributed by atoms with Gasteiger partial charge in [0.05, 0.1) is 6.61 Å². The van der Waals surface area contributed by atoms with Crippen LogP contribution in [0.5, 0.6) is 0 Å². The molecule has 1 amide bonds. The zero-order valence-corrected chi connectivity index (χ0v) is 10.4. The van der Waals surface area contributed by atoms with E-state index in [-0.39, 0.29) is 5.91 Å². The lowest BCUT2D eigenvalue weighted by molar-refractivity contribution is -0.139. The highest BCUT2D eigenvalue weighted by atomic mass is 16.5. The molecule has 4 heteroatoms. The summed E-state index contributed by atoms with van der Waals surface area (Å²) in [6.07, 6.45) is 2.35. The Hall–Kier alpha value is -1.32. The lowest BCUT2D eigenvalue weighted by Gasteiger charge is -2.05. The zero-order chi connectivity index (χ0) is 12.6. The van der Waals surface area contributed by atoms with Crippen LogP contribution in [0.1, 0.15) is 27.7 Å². The first-order chi connectivity index (χ1) is 7.41. The van der Waals surface area contributed by atoms with Gasteiger partial charge in [0.1, 0.15) is 0 Å². The molecule has 0 aromatic heterocycles. The van der Waals surface area contributed by atoms with Crippen LogP contribution in [0.15, 0.2) is 12.2 Å². The lowest BCUT2D eigenvalue weighted by atomic mass is 10.2. The van der Waals surface area contributed by atoms with Crippen molar-refractivity contribution in [3.63, 3.8) is 0 Å². The Labute approximate surface area is 97.1 Å². The molecule has 0 saturated heterocycles. The maximum atomic E-state index is 11.2. The second-order valence-electron chi connectivity index (χ2n) is 4.50. The molecular formula is C12H21NO3. The molecule has 0 saturated carbocycles. The molecule has 0 radical (unpaired) electrons. The van der Waals surface area contributed by atoms with Crippen LogP contribution in [-0.2, 0) is 14.3 Å². The molecule has 92 valence electrons. The standard InChI is InChI=1S/C12H21NO3/c1-9(2)7-13-11(14)5-6-12(15)16-8-10(3)4/h5-6,9-10H,7-8H2,1-4H3,(H,13,14). The molecule has 0 aliphatic carbocycles. The predicted molar refractivity (Wildman–Crippen MR) is 62.8 cm³/mol. The fraction of sp³-hybridized carbons (Fsp3) is 0.667. The van der Waals surface area contributed by atoms with E-state index in [1.807, 2.05) is 27.7 Å². The highest BCUT2D eigenvalue weighted by Gasteiger charge is 2.01. The predicted octanol–water partition coefficient (Wildman–Crippen LogP) is 1.51. The van der Waals surface area contributed by atoms with E-state index >= 15 is 0 Å². The first kappa shape index (κ1) is 14.7. The number of hydrogen-bond donors (Lipinski definition) is 1. The average Bonchev–Trinajstić information content (AvgIpc) is 2.20. The van der Waals surface area contributed by atoms with Crippen molar-refractivity contribution in [2.45, 2.75) is 27.7 Å². The van der Waals surface area contributed by atoms with Crippen molar-refractivity contribution in [3.05, 3.63) is 12.2 Å². The van der Waals surface area contributed by atoms with E-state index in [1.165, 1.54) is 6.08 Å². The fourth-order valence-corrected chi connectivity index (χ4v) is 0.804. The van der Waals surface area contributed by atoms with Crippen LogP contribution in [-0.4, -0.2) is 25.0 Å². The monoisotopic (exact) mass is 227 g/mol. The molecule has 0 spiro atoms. The van der Waals surface area contributed by atoms with Crippen molar-refractivity contribution < 1.29 is 14.3 Å². The molecule has 0 unspecified atom stereocenters. The van der Waals surface area contributed by atoms with Gasteiger partial charge in [-0.1, -0.05) is 27.7 Å². The first-order valence-electron chi connectivity index (χ1n) is 5.54. The minimum Gasteiger partial charge on any atom is -0.462 e. The first-order valence-corrected chi connectivity index (χ1v) is 5.54. The average molecular weight is 227 g/mol. The van der Waals surface area contributed by atoms with Gasteiger partial charge in [-0.25, -0.2) is 4.79 Å². The Morgan fingerprint density at radius 2 is 1.75 bits per heavy atom. The van der Waals surface area contributed by atoms with Gasteiger partial charge in [0.2, 0.25) is 5.91 Å². The maximum absolute atomic E-state index is 11.2. The number of rotatable bonds is 6. The topological polar surface area (TPSA) is 55.4 Å². The third kappa shape index (κ3) is 9.24. The van der Waals surface area contributed by atoms with E-state index in [9.17, 15) is 9.59 Å². The van der Waals surface area contributed by atoms with E-state index < -0.39 is 5.97 Å². The Morgan fingerprint density at radius 1 is 1.12 bits per heavy atom. The zero-order valence-electron chi connectivity index (χ0n) is 10.4. The third-order valence-electron chi connectivity index (χ3n) is 1.61. The van der Waals surface area contributed by atoms with Gasteiger partial charge in [0.15, 0.2) is 0 Å². The SMILES string of the molecule is CC(C)CNC(=O)C=CC(=O)OCC(C)C. The number of carbonyl (C=O) groups excluding carboxylic acids is 2. The normalized spacial score (nSPS) is 11.1. The Bertz CT molecular complexity index is 231. The van der Waals surface area contributed by atoms with Gasteiger partial charge >= 0.3 is 5.97 Å². The maximum Gasteiger partial charge on any atom is 0.330 e. The molecular weight excluding hydrogens is 206 g/mol. The van der Waals surface area contributed by atoms with E-state index in [4.69, 9.17) is 4.74 Å². The molecule has 0 aliphatic rings. The Kier molecular flexibility index (Phi) is 7.25. The van der Waals surface area contributed by atoms with Crippen LogP contribution in [0, 0.1) is 11.8 Å². The highest BCUT2D eigenvalue weighted by Crippen LogP contribution is 1.93. The van der Waals surface area contributed by atoms with Crippen molar-refractivity contribution in [2.75, 3.05) is 13.2 Å². The summed E-state index contributed by atoms with van der Waals surface area (Å²) in [5.41, 5.74) is 0. The molecule has 0 heterocycles. The second-order valence-corrected chi connectivity index (χ2v) is 4.50. The summed E-state index contributed by atoms with van der Waals surface area (Å²) < 4.78 is 4.87. The largest absolute Gasteiger partial charge is 0.462 e. The molecule has 0 aliphatic heterocycles. The van der Waals surface area contributed by atoms with E-state index in [0.29, 0.717) is 25.0 Å². The summed E-state index contributed by atoms with van der Waals surface area (Å²) in [6, 6.07) is 0. The highest BCUT2D eigenvalue weighted by molar-refractivity contribution is 5.94. The number of hydrogen-bond acceptors (Lipinski definition) is 3. The molecule has 0 bridgehead atoms. The number of carbonyl (C=O) groups is 2. The second kappa shape index (κ2) is 7.91. The van der Waals surface area contributed by atoms with Crippen molar-refractivity contribution >= 4 is 11.9 Å². The van der Waals surface area contributed by atoms with Gasteiger partial charge in [-0.05, 0) is 11.8 Å². The Morgan fingerprint density at radius 3 is 2.25 bits per heavy atom. The van der Waals surface area contributed by atoms with Crippen molar-refractivity contribution in [2.24, 2.45) is 11.8 Å². The van der Waals surface area contributed by atoms with Gasteiger partial charge < -0.3 is 10.1 Å². The van der Waals surface area contributed by atoms with Crippen LogP contribution in [0.4, 0.5) is 0 Å². The molecule has 0 atom stereocenters. The van der Waals surface area contributed by atoms with Gasteiger partial charge in [-0.3, -0.25) is 4.79 Å². The quantitative estimate of drug-likeness (QED) is 0.553. The number of amides is 1. The molecule has 1 N–H and O–H groups in total. The van der Waals surface area contributed by atoms with Gasteiger partial charge in [-0.15, -0.1) is 0 Å². The molecule has 4 nitrogen and oxygen atoms in total. The van der Waals surface area contributed by atoms with E-state index in [0.717, 1.165) is 6.08 Å². The van der Waals surface area contributed by atoms with Gasteiger partial charge in [0.25, 0.3) is 0 Å². The van der Waals surface area contributed by atoms with Gasteiger partial charge in [-0.2, -0.15) is 0 Å². The molecule has 16 heavy (non-hydrogen) atoms. The summed E-state index contributed by atoms with van der Waals surface area (Å²) in [5, 5.41) is 2.67.